The minimum Gasteiger partial charge on any atom is -0.337 e. The van der Waals surface area contributed by atoms with Crippen LogP contribution in [0.3, 0.4) is 0 Å². The van der Waals surface area contributed by atoms with E-state index in [-0.39, 0.29) is 17.4 Å². The molecule has 5 rings (SSSR count). The zero-order valence-electron chi connectivity index (χ0n) is 17.8. The molecule has 7 heteroatoms. The van der Waals surface area contributed by atoms with Crippen molar-refractivity contribution in [2.45, 2.75) is 25.2 Å². The smallest absolute Gasteiger partial charge is 0.257 e. The van der Waals surface area contributed by atoms with Gasteiger partial charge in [-0.15, -0.1) is 0 Å². The van der Waals surface area contributed by atoms with Crippen LogP contribution in [-0.2, 0) is 0 Å². The van der Waals surface area contributed by atoms with Gasteiger partial charge in [0, 0.05) is 32.1 Å². The minimum atomic E-state index is -0.517. The van der Waals surface area contributed by atoms with Crippen molar-refractivity contribution in [2.75, 3.05) is 26.2 Å². The average molecular weight is 432 g/mol. The Hall–Kier alpha value is -3.48. The fourth-order valence-electron chi connectivity index (χ4n) is 4.35. The number of hydrogen-bond donors (Lipinski definition) is 0. The monoisotopic (exact) mass is 432 g/mol. The summed E-state index contributed by atoms with van der Waals surface area (Å²) in [5.41, 5.74) is 2.65. The van der Waals surface area contributed by atoms with Gasteiger partial charge >= 0.3 is 0 Å². The predicted octanol–water partition coefficient (Wildman–Crippen LogP) is 3.88. The van der Waals surface area contributed by atoms with Gasteiger partial charge in [-0.1, -0.05) is 30.3 Å². The van der Waals surface area contributed by atoms with Gasteiger partial charge in [-0.25, -0.2) is 9.07 Å². The maximum Gasteiger partial charge on any atom is 0.257 e. The van der Waals surface area contributed by atoms with E-state index in [1.165, 1.54) is 12.1 Å². The number of amides is 2. The second kappa shape index (κ2) is 8.57. The number of rotatable bonds is 4. The maximum atomic E-state index is 14.1. The topological polar surface area (TPSA) is 58.4 Å². The van der Waals surface area contributed by atoms with Crippen molar-refractivity contribution >= 4 is 11.8 Å². The number of hydrogen-bond acceptors (Lipinski definition) is 3. The van der Waals surface area contributed by atoms with E-state index in [0.29, 0.717) is 44.1 Å². The molecule has 164 valence electrons. The summed E-state index contributed by atoms with van der Waals surface area (Å²) < 4.78 is 16.0. The molecule has 2 fully saturated rings. The van der Waals surface area contributed by atoms with Gasteiger partial charge in [0.15, 0.2) is 0 Å². The van der Waals surface area contributed by atoms with Crippen LogP contribution >= 0.6 is 0 Å². The Morgan fingerprint density at radius 1 is 0.812 bits per heavy atom. The Bertz CT molecular complexity index is 1140. The number of benzene rings is 2. The van der Waals surface area contributed by atoms with Gasteiger partial charge in [-0.2, -0.15) is 5.10 Å². The number of para-hydroxylation sites is 1. The van der Waals surface area contributed by atoms with Crippen LogP contribution in [0.1, 0.15) is 51.6 Å². The van der Waals surface area contributed by atoms with Gasteiger partial charge in [0.2, 0.25) is 0 Å². The van der Waals surface area contributed by atoms with Gasteiger partial charge < -0.3 is 9.80 Å². The molecular formula is C25H25FN4O2. The summed E-state index contributed by atoms with van der Waals surface area (Å²) in [6, 6.07) is 15.9. The molecule has 0 atom stereocenters. The van der Waals surface area contributed by atoms with E-state index in [2.05, 4.69) is 5.10 Å². The molecular weight excluding hydrogens is 407 g/mol. The Morgan fingerprint density at radius 2 is 1.44 bits per heavy atom. The van der Waals surface area contributed by atoms with Crippen molar-refractivity contribution in [2.24, 2.45) is 0 Å². The van der Waals surface area contributed by atoms with Crippen LogP contribution < -0.4 is 0 Å². The van der Waals surface area contributed by atoms with Crippen LogP contribution in [0.2, 0.25) is 0 Å². The highest BCUT2D eigenvalue weighted by Crippen LogP contribution is 2.42. The number of carbonyl (C=O) groups is 2. The highest BCUT2D eigenvalue weighted by atomic mass is 19.1. The van der Waals surface area contributed by atoms with E-state index >= 15 is 0 Å². The minimum absolute atomic E-state index is 0.0470. The van der Waals surface area contributed by atoms with Gasteiger partial charge in [-0.05, 0) is 43.5 Å². The lowest BCUT2D eigenvalue weighted by Gasteiger charge is -2.22. The van der Waals surface area contributed by atoms with E-state index in [0.717, 1.165) is 24.2 Å². The Kier molecular flexibility index (Phi) is 5.47. The Labute approximate surface area is 186 Å². The van der Waals surface area contributed by atoms with Gasteiger partial charge in [-0.3, -0.25) is 9.59 Å². The van der Waals surface area contributed by atoms with Gasteiger partial charge in [0.25, 0.3) is 11.8 Å². The third-order valence-corrected chi connectivity index (χ3v) is 6.18. The SMILES string of the molecule is O=C(c1ccccc1F)N1CCCN(C(=O)c2cnn(-c3ccccc3)c2C2CC2)CC1. The quantitative estimate of drug-likeness (QED) is 0.629. The normalized spacial score (nSPS) is 16.7. The molecule has 2 aromatic carbocycles. The molecule has 0 N–H and O–H groups in total. The molecule has 3 aromatic rings. The third-order valence-electron chi connectivity index (χ3n) is 6.18. The molecule has 1 aromatic heterocycles. The predicted molar refractivity (Wildman–Crippen MR) is 118 cm³/mol. The molecule has 1 aliphatic heterocycles. The fourth-order valence-corrected chi connectivity index (χ4v) is 4.35. The van der Waals surface area contributed by atoms with Crippen LogP contribution in [0.5, 0.6) is 0 Å². The van der Waals surface area contributed by atoms with Crippen molar-refractivity contribution < 1.29 is 14.0 Å². The third kappa shape index (κ3) is 3.90. The molecule has 1 saturated carbocycles. The van der Waals surface area contributed by atoms with Crippen LogP contribution in [0.4, 0.5) is 4.39 Å². The summed E-state index contributed by atoms with van der Waals surface area (Å²) in [6.07, 6.45) is 4.45. The van der Waals surface area contributed by atoms with Crippen molar-refractivity contribution in [3.05, 3.63) is 83.4 Å². The number of halogens is 1. The fraction of sp³-hybridized carbons (Fsp3) is 0.320. The standard InChI is InChI=1S/C25H25FN4O2/c26-22-10-5-4-9-20(22)24(31)28-13-6-14-29(16-15-28)25(32)21-17-27-30(23(21)18-11-12-18)19-7-2-1-3-8-19/h1-5,7-10,17-18H,6,11-16H2. The van der Waals surface area contributed by atoms with E-state index in [1.807, 2.05) is 35.0 Å². The highest BCUT2D eigenvalue weighted by molar-refractivity contribution is 5.96. The lowest BCUT2D eigenvalue weighted by Crippen LogP contribution is -2.37. The molecule has 1 aliphatic carbocycles. The molecule has 0 spiro atoms. The lowest BCUT2D eigenvalue weighted by atomic mass is 10.1. The van der Waals surface area contributed by atoms with E-state index < -0.39 is 5.82 Å². The number of nitrogens with zero attached hydrogens (tertiary/aromatic N) is 4. The molecule has 1 saturated heterocycles. The summed E-state index contributed by atoms with van der Waals surface area (Å²) in [5, 5.41) is 4.54. The first-order valence-corrected chi connectivity index (χ1v) is 11.1. The van der Waals surface area contributed by atoms with Crippen LogP contribution in [0.25, 0.3) is 5.69 Å². The van der Waals surface area contributed by atoms with Crippen LogP contribution in [-0.4, -0.2) is 57.6 Å². The summed E-state index contributed by atoms with van der Waals surface area (Å²) in [5.74, 6) is -0.540. The van der Waals surface area contributed by atoms with Crippen molar-refractivity contribution in [1.82, 2.24) is 19.6 Å². The maximum absolute atomic E-state index is 14.1. The molecule has 2 heterocycles. The first-order valence-electron chi connectivity index (χ1n) is 11.1. The second-order valence-corrected chi connectivity index (χ2v) is 8.38. The molecule has 2 amide bonds. The number of aromatic nitrogens is 2. The van der Waals surface area contributed by atoms with Crippen LogP contribution in [0, 0.1) is 5.82 Å². The van der Waals surface area contributed by atoms with Crippen molar-refractivity contribution in [3.8, 4) is 5.69 Å². The van der Waals surface area contributed by atoms with Crippen LogP contribution in [0.15, 0.2) is 60.8 Å². The molecule has 0 bridgehead atoms. The zero-order chi connectivity index (χ0) is 22.1. The zero-order valence-corrected chi connectivity index (χ0v) is 17.8. The number of carbonyl (C=O) groups excluding carboxylic acids is 2. The van der Waals surface area contributed by atoms with Crippen molar-refractivity contribution in [3.63, 3.8) is 0 Å². The summed E-state index contributed by atoms with van der Waals surface area (Å²) in [4.78, 5) is 29.7. The largest absolute Gasteiger partial charge is 0.337 e. The second-order valence-electron chi connectivity index (χ2n) is 8.38. The molecule has 6 nitrogen and oxygen atoms in total. The Balaban J connectivity index is 1.34. The summed E-state index contributed by atoms with van der Waals surface area (Å²) in [7, 11) is 0. The first kappa shape index (κ1) is 20.4. The molecule has 2 aliphatic rings. The summed E-state index contributed by atoms with van der Waals surface area (Å²) >= 11 is 0. The molecule has 0 radical (unpaired) electrons. The van der Waals surface area contributed by atoms with Crippen molar-refractivity contribution in [1.29, 1.82) is 0 Å². The highest BCUT2D eigenvalue weighted by Gasteiger charge is 2.35. The molecule has 0 unspecified atom stereocenters. The first-order chi connectivity index (χ1) is 15.6. The lowest BCUT2D eigenvalue weighted by molar-refractivity contribution is 0.0715. The average Bonchev–Trinajstić information content (AvgIpc) is 3.61. The summed E-state index contributed by atoms with van der Waals surface area (Å²) in [6.45, 7) is 1.85. The van der Waals surface area contributed by atoms with E-state index in [9.17, 15) is 14.0 Å². The molecule has 32 heavy (non-hydrogen) atoms. The van der Waals surface area contributed by atoms with Gasteiger partial charge in [0.1, 0.15) is 5.82 Å². The van der Waals surface area contributed by atoms with Gasteiger partial charge in [0.05, 0.1) is 28.7 Å². The van der Waals surface area contributed by atoms with E-state index in [1.54, 1.807) is 28.1 Å². The Morgan fingerprint density at radius 3 is 2.09 bits per heavy atom. The van der Waals surface area contributed by atoms with E-state index in [4.69, 9.17) is 0 Å².